The molecule has 0 spiro atoms. The highest BCUT2D eigenvalue weighted by molar-refractivity contribution is 5.89. The van der Waals surface area contributed by atoms with Gasteiger partial charge >= 0.3 is 5.97 Å². The predicted molar refractivity (Wildman–Crippen MR) is 154 cm³/mol. The highest BCUT2D eigenvalue weighted by atomic mass is 35.5. The highest BCUT2D eigenvalue weighted by Gasteiger charge is 2.25. The Hall–Kier alpha value is -3.89. The number of rotatable bonds is 12. The Morgan fingerprint density at radius 3 is 2.15 bits per heavy atom. The number of halogens is 1. The number of carbonyl (C=O) groups excluding carboxylic acids is 1. The second-order valence-electron chi connectivity index (χ2n) is 8.90. The zero-order valence-electron chi connectivity index (χ0n) is 23.2. The Balaban J connectivity index is 0.00000441. The van der Waals surface area contributed by atoms with Crippen LogP contribution in [0.5, 0.6) is 28.7 Å². The average Bonchev–Trinajstić information content (AvgIpc) is 2.99. The zero-order chi connectivity index (χ0) is 27.6. The van der Waals surface area contributed by atoms with Crippen LogP contribution < -0.4 is 28.6 Å². The summed E-state index contributed by atoms with van der Waals surface area (Å²) in [6, 6.07) is 14.8. The van der Waals surface area contributed by atoms with Crippen LogP contribution in [0.25, 0.3) is 0 Å². The van der Waals surface area contributed by atoms with Crippen molar-refractivity contribution < 1.29 is 33.2 Å². The van der Waals surface area contributed by atoms with E-state index in [1.165, 1.54) is 6.20 Å². The second-order valence-corrected chi connectivity index (χ2v) is 8.90. The summed E-state index contributed by atoms with van der Waals surface area (Å²) in [4.78, 5) is 21.5. The molecule has 3 aromatic rings. The Kier molecular flexibility index (Phi) is 11.5. The first-order valence-electron chi connectivity index (χ1n) is 12.7. The van der Waals surface area contributed by atoms with Crippen molar-refractivity contribution in [2.75, 3.05) is 72.7 Å². The van der Waals surface area contributed by atoms with E-state index in [1.54, 1.807) is 58.9 Å². The summed E-state index contributed by atoms with van der Waals surface area (Å²) in [6.45, 7) is 3.87. The molecule has 1 aliphatic heterocycles. The van der Waals surface area contributed by atoms with Crippen LogP contribution in [0.2, 0.25) is 0 Å². The van der Waals surface area contributed by atoms with Crippen LogP contribution in [0, 0.1) is 0 Å². The number of methoxy groups -OCH3 is 4. The SMILES string of the molecule is COc1ccccc1N1CCN(CC(COc2cc(OC)c(OC)c(OC)c2)OC(=O)c2cccnc2)CC1.Cl. The second kappa shape index (κ2) is 15.0. The number of nitrogens with zero attached hydrogens (tertiary/aromatic N) is 3. The molecule has 4 rings (SSSR count). The number of hydrogen-bond acceptors (Lipinski definition) is 10. The Labute approximate surface area is 241 Å². The molecule has 1 aliphatic rings. The maximum Gasteiger partial charge on any atom is 0.340 e. The quantitative estimate of drug-likeness (QED) is 0.296. The minimum atomic E-state index is -0.533. The lowest BCUT2D eigenvalue weighted by Gasteiger charge is -2.37. The zero-order valence-corrected chi connectivity index (χ0v) is 24.0. The molecule has 0 amide bonds. The Bertz CT molecular complexity index is 1200. The summed E-state index contributed by atoms with van der Waals surface area (Å²) < 4.78 is 33.8. The number of aromatic nitrogens is 1. The first kappa shape index (κ1) is 30.6. The van der Waals surface area contributed by atoms with Crippen molar-refractivity contribution in [2.45, 2.75) is 6.10 Å². The maximum absolute atomic E-state index is 12.9. The van der Waals surface area contributed by atoms with Crippen LogP contribution >= 0.6 is 12.4 Å². The molecule has 0 bridgehead atoms. The molecule has 0 aliphatic carbocycles. The molecule has 0 N–H and O–H groups in total. The van der Waals surface area contributed by atoms with Crippen LogP contribution in [0.4, 0.5) is 5.69 Å². The molecule has 1 unspecified atom stereocenters. The Morgan fingerprint density at radius 2 is 1.55 bits per heavy atom. The number of carbonyl (C=O) groups is 1. The molecule has 0 saturated carbocycles. The summed E-state index contributed by atoms with van der Waals surface area (Å²) >= 11 is 0. The van der Waals surface area contributed by atoms with Gasteiger partial charge in [-0.25, -0.2) is 4.79 Å². The van der Waals surface area contributed by atoms with E-state index >= 15 is 0 Å². The lowest BCUT2D eigenvalue weighted by Crippen LogP contribution is -2.50. The summed E-state index contributed by atoms with van der Waals surface area (Å²) in [7, 11) is 6.32. The van der Waals surface area contributed by atoms with Crippen molar-refractivity contribution in [3.8, 4) is 28.7 Å². The number of benzene rings is 2. The molecule has 40 heavy (non-hydrogen) atoms. The molecular formula is C29H36ClN3O7. The maximum atomic E-state index is 12.9. The largest absolute Gasteiger partial charge is 0.495 e. The number of esters is 1. The van der Waals surface area contributed by atoms with E-state index in [2.05, 4.69) is 20.9 Å². The average molecular weight is 574 g/mol. The first-order chi connectivity index (χ1) is 19.1. The van der Waals surface area contributed by atoms with Gasteiger partial charge in [0.25, 0.3) is 0 Å². The predicted octanol–water partition coefficient (Wildman–Crippen LogP) is 3.96. The lowest BCUT2D eigenvalue weighted by atomic mass is 10.2. The number of pyridine rings is 1. The minimum absolute atomic E-state index is 0. The van der Waals surface area contributed by atoms with Crippen molar-refractivity contribution in [3.05, 3.63) is 66.5 Å². The molecule has 216 valence electrons. The van der Waals surface area contributed by atoms with Gasteiger partial charge in [0.2, 0.25) is 5.75 Å². The fraction of sp³-hybridized carbons (Fsp3) is 0.379. The van der Waals surface area contributed by atoms with Crippen LogP contribution in [0.3, 0.4) is 0 Å². The smallest absolute Gasteiger partial charge is 0.340 e. The number of hydrogen-bond donors (Lipinski definition) is 0. The van der Waals surface area contributed by atoms with E-state index in [0.717, 1.165) is 37.6 Å². The molecule has 1 aromatic heterocycles. The first-order valence-corrected chi connectivity index (χ1v) is 12.7. The van der Waals surface area contributed by atoms with Gasteiger partial charge in [-0.2, -0.15) is 0 Å². The molecule has 0 radical (unpaired) electrons. The Morgan fingerprint density at radius 1 is 0.875 bits per heavy atom. The van der Waals surface area contributed by atoms with Crippen molar-refractivity contribution >= 4 is 24.1 Å². The van der Waals surface area contributed by atoms with Crippen LogP contribution in [0.15, 0.2) is 60.9 Å². The third kappa shape index (κ3) is 7.61. The topological polar surface area (TPSA) is 91.8 Å². The fourth-order valence-electron chi connectivity index (χ4n) is 4.51. The van der Waals surface area contributed by atoms with Crippen molar-refractivity contribution in [3.63, 3.8) is 0 Å². The normalized spacial score (nSPS) is 13.9. The summed E-state index contributed by atoms with van der Waals surface area (Å²) in [6.07, 6.45) is 2.57. The molecule has 2 aromatic carbocycles. The van der Waals surface area contributed by atoms with Crippen LogP contribution in [0.1, 0.15) is 10.4 Å². The minimum Gasteiger partial charge on any atom is -0.495 e. The fourth-order valence-corrected chi connectivity index (χ4v) is 4.51. The van der Waals surface area contributed by atoms with Crippen molar-refractivity contribution in [1.82, 2.24) is 9.88 Å². The molecule has 1 atom stereocenters. The lowest BCUT2D eigenvalue weighted by molar-refractivity contribution is 0.00517. The molecule has 11 heteroatoms. The standard InChI is InChI=1S/C29H35N3O7.ClH/c1-34-25-10-6-5-9-24(25)32-14-12-31(13-15-32)19-23(39-29(33)21-8-7-11-30-18-21)20-38-22-16-26(35-2)28(37-4)27(17-22)36-3;/h5-11,16-18,23H,12-15,19-20H2,1-4H3;1H. The number of para-hydroxylation sites is 2. The summed E-state index contributed by atoms with van der Waals surface area (Å²) in [5.41, 5.74) is 1.46. The number of anilines is 1. The van der Waals surface area contributed by atoms with Crippen molar-refractivity contribution in [2.24, 2.45) is 0 Å². The number of ether oxygens (including phenoxy) is 6. The van der Waals surface area contributed by atoms with Crippen LogP contribution in [-0.2, 0) is 4.74 Å². The molecule has 10 nitrogen and oxygen atoms in total. The van der Waals surface area contributed by atoms with Crippen molar-refractivity contribution in [1.29, 1.82) is 0 Å². The van der Waals surface area contributed by atoms with Gasteiger partial charge in [0.1, 0.15) is 24.2 Å². The van der Waals surface area contributed by atoms with Gasteiger partial charge in [-0.1, -0.05) is 12.1 Å². The van der Waals surface area contributed by atoms with Crippen LogP contribution in [-0.4, -0.2) is 89.7 Å². The van der Waals surface area contributed by atoms with Gasteiger partial charge in [-0.3, -0.25) is 9.88 Å². The third-order valence-corrected chi connectivity index (χ3v) is 6.51. The van der Waals surface area contributed by atoms with E-state index < -0.39 is 12.1 Å². The van der Waals surface area contributed by atoms with E-state index in [-0.39, 0.29) is 19.0 Å². The molecular weight excluding hydrogens is 538 g/mol. The van der Waals surface area contributed by atoms with E-state index in [4.69, 9.17) is 28.4 Å². The monoisotopic (exact) mass is 573 g/mol. The van der Waals surface area contributed by atoms with Gasteiger partial charge in [0.15, 0.2) is 11.5 Å². The van der Waals surface area contributed by atoms with E-state index in [9.17, 15) is 4.79 Å². The third-order valence-electron chi connectivity index (χ3n) is 6.51. The van der Waals surface area contributed by atoms with E-state index in [0.29, 0.717) is 35.1 Å². The summed E-state index contributed by atoms with van der Waals surface area (Å²) in [5.74, 6) is 2.33. The van der Waals surface area contributed by atoms with Gasteiger partial charge in [-0.05, 0) is 24.3 Å². The molecule has 2 heterocycles. The molecule has 1 saturated heterocycles. The van der Waals surface area contributed by atoms with Gasteiger partial charge in [0.05, 0.1) is 39.7 Å². The van der Waals surface area contributed by atoms with Gasteiger partial charge < -0.3 is 33.3 Å². The van der Waals surface area contributed by atoms with Gasteiger partial charge in [0, 0.05) is 57.3 Å². The highest BCUT2D eigenvalue weighted by Crippen LogP contribution is 2.40. The number of piperazine rings is 1. The van der Waals surface area contributed by atoms with E-state index in [1.807, 2.05) is 18.2 Å². The molecule has 1 fully saturated rings. The van der Waals surface area contributed by atoms with Gasteiger partial charge in [-0.15, -0.1) is 12.4 Å². The summed E-state index contributed by atoms with van der Waals surface area (Å²) in [5, 5.41) is 0.